The van der Waals surface area contributed by atoms with Crippen molar-refractivity contribution < 1.29 is 9.90 Å². The van der Waals surface area contributed by atoms with Gasteiger partial charge in [0.25, 0.3) is 0 Å². The summed E-state index contributed by atoms with van der Waals surface area (Å²) in [6.07, 6.45) is 5.20. The van der Waals surface area contributed by atoms with Gasteiger partial charge in [0, 0.05) is 4.47 Å². The predicted octanol–water partition coefficient (Wildman–Crippen LogP) is 2.44. The van der Waals surface area contributed by atoms with Crippen LogP contribution in [0.3, 0.4) is 0 Å². The molecule has 0 saturated carbocycles. The van der Waals surface area contributed by atoms with Gasteiger partial charge in [-0.15, -0.1) is 6.42 Å². The second-order valence-corrected chi connectivity index (χ2v) is 3.47. The summed E-state index contributed by atoms with van der Waals surface area (Å²) in [5.41, 5.74) is 1.41. The highest BCUT2D eigenvalue weighted by molar-refractivity contribution is 9.10. The lowest BCUT2D eigenvalue weighted by Gasteiger charge is -2.03. The Morgan fingerprint density at radius 2 is 2.23 bits per heavy atom. The molecule has 0 atom stereocenters. The molecule has 13 heavy (non-hydrogen) atoms. The van der Waals surface area contributed by atoms with E-state index in [1.807, 2.05) is 6.92 Å². The summed E-state index contributed by atoms with van der Waals surface area (Å²) in [6.45, 7) is 1.82. The van der Waals surface area contributed by atoms with Gasteiger partial charge in [0.2, 0.25) is 0 Å². The largest absolute Gasteiger partial charge is 0.478 e. The average Bonchev–Trinajstić information content (AvgIpc) is 2.02. The summed E-state index contributed by atoms with van der Waals surface area (Å²) in [7, 11) is 0. The van der Waals surface area contributed by atoms with Crippen molar-refractivity contribution in [2.75, 3.05) is 0 Å². The van der Waals surface area contributed by atoms with Crippen LogP contribution in [-0.2, 0) is 0 Å². The fraction of sp³-hybridized carbons (Fsp3) is 0.100. The van der Waals surface area contributed by atoms with Crippen LogP contribution in [0.25, 0.3) is 0 Å². The van der Waals surface area contributed by atoms with Crippen LogP contribution < -0.4 is 0 Å². The third-order valence-corrected chi connectivity index (χ3v) is 2.23. The molecule has 0 aliphatic rings. The van der Waals surface area contributed by atoms with Gasteiger partial charge in [0.05, 0.1) is 11.1 Å². The molecule has 0 aliphatic carbocycles. The van der Waals surface area contributed by atoms with Gasteiger partial charge in [-0.3, -0.25) is 0 Å². The molecule has 0 amide bonds. The van der Waals surface area contributed by atoms with E-state index >= 15 is 0 Å². The number of benzene rings is 1. The van der Waals surface area contributed by atoms with Crippen LogP contribution in [-0.4, -0.2) is 11.1 Å². The number of hydrogen-bond acceptors (Lipinski definition) is 1. The van der Waals surface area contributed by atoms with E-state index in [-0.39, 0.29) is 5.56 Å². The Balaban J connectivity index is 3.50. The fourth-order valence-electron chi connectivity index (χ4n) is 1.06. The SMILES string of the molecule is C#Cc1c(Br)cc(C)cc1C(=O)O. The molecule has 0 saturated heterocycles. The highest BCUT2D eigenvalue weighted by Crippen LogP contribution is 2.22. The first-order chi connectivity index (χ1) is 6.06. The molecule has 0 bridgehead atoms. The van der Waals surface area contributed by atoms with Crippen LogP contribution >= 0.6 is 15.9 Å². The van der Waals surface area contributed by atoms with Gasteiger partial charge in [-0.25, -0.2) is 4.79 Å². The van der Waals surface area contributed by atoms with E-state index in [2.05, 4.69) is 21.9 Å². The van der Waals surface area contributed by atoms with Crippen LogP contribution in [0.1, 0.15) is 21.5 Å². The highest BCUT2D eigenvalue weighted by Gasteiger charge is 2.11. The van der Waals surface area contributed by atoms with E-state index in [9.17, 15) is 4.79 Å². The number of halogens is 1. The van der Waals surface area contributed by atoms with Crippen molar-refractivity contribution in [1.29, 1.82) is 0 Å². The zero-order valence-electron chi connectivity index (χ0n) is 6.97. The number of aromatic carboxylic acids is 1. The molecule has 3 heteroatoms. The number of terminal acetylenes is 1. The molecule has 1 rings (SSSR count). The number of hydrogen-bond donors (Lipinski definition) is 1. The van der Waals surface area contributed by atoms with E-state index in [4.69, 9.17) is 11.5 Å². The average molecular weight is 239 g/mol. The quantitative estimate of drug-likeness (QED) is 0.764. The van der Waals surface area contributed by atoms with Crippen molar-refractivity contribution in [3.05, 3.63) is 33.3 Å². The second-order valence-electron chi connectivity index (χ2n) is 2.62. The van der Waals surface area contributed by atoms with E-state index in [1.165, 1.54) is 0 Å². The number of aryl methyl sites for hydroxylation is 1. The van der Waals surface area contributed by atoms with Crippen molar-refractivity contribution in [1.82, 2.24) is 0 Å². The minimum atomic E-state index is -1.00. The summed E-state index contributed by atoms with van der Waals surface area (Å²) in [6, 6.07) is 3.35. The molecule has 0 aliphatic heterocycles. The summed E-state index contributed by atoms with van der Waals surface area (Å²) < 4.78 is 0.646. The first-order valence-corrected chi connectivity index (χ1v) is 4.35. The van der Waals surface area contributed by atoms with Crippen LogP contribution in [0.15, 0.2) is 16.6 Å². The lowest BCUT2D eigenvalue weighted by molar-refractivity contribution is 0.0696. The van der Waals surface area contributed by atoms with Crippen LogP contribution in [0, 0.1) is 19.3 Å². The maximum atomic E-state index is 10.8. The molecule has 0 spiro atoms. The summed E-state index contributed by atoms with van der Waals surface area (Å²) >= 11 is 3.22. The van der Waals surface area contributed by atoms with Gasteiger partial charge in [0.1, 0.15) is 0 Å². The van der Waals surface area contributed by atoms with Gasteiger partial charge < -0.3 is 5.11 Å². The molecule has 0 heterocycles. The number of carbonyl (C=O) groups is 1. The zero-order chi connectivity index (χ0) is 10.0. The lowest BCUT2D eigenvalue weighted by Crippen LogP contribution is -2.01. The molecule has 0 aromatic heterocycles. The molecular weight excluding hydrogens is 232 g/mol. The summed E-state index contributed by atoms with van der Waals surface area (Å²) in [5, 5.41) is 8.83. The topological polar surface area (TPSA) is 37.3 Å². The van der Waals surface area contributed by atoms with Gasteiger partial charge in [-0.2, -0.15) is 0 Å². The number of carboxylic acids is 1. The Labute approximate surface area is 84.7 Å². The second kappa shape index (κ2) is 3.63. The molecule has 1 aromatic carbocycles. The normalized spacial score (nSPS) is 9.31. The molecule has 1 aromatic rings. The first kappa shape index (κ1) is 9.82. The van der Waals surface area contributed by atoms with Crippen molar-refractivity contribution in [3.63, 3.8) is 0 Å². The fourth-order valence-corrected chi connectivity index (χ4v) is 1.75. The highest BCUT2D eigenvalue weighted by atomic mass is 79.9. The zero-order valence-corrected chi connectivity index (χ0v) is 8.55. The van der Waals surface area contributed by atoms with Gasteiger partial charge >= 0.3 is 5.97 Å². The third-order valence-electron chi connectivity index (χ3n) is 1.61. The van der Waals surface area contributed by atoms with Gasteiger partial charge in [-0.05, 0) is 40.5 Å². The Kier molecular flexibility index (Phi) is 2.74. The van der Waals surface area contributed by atoms with Gasteiger partial charge in [0.15, 0.2) is 0 Å². The molecule has 0 radical (unpaired) electrons. The monoisotopic (exact) mass is 238 g/mol. The number of rotatable bonds is 1. The Morgan fingerprint density at radius 3 is 2.69 bits per heavy atom. The molecule has 0 unspecified atom stereocenters. The van der Waals surface area contributed by atoms with Crippen LogP contribution in [0.5, 0.6) is 0 Å². The van der Waals surface area contributed by atoms with Crippen LogP contribution in [0.4, 0.5) is 0 Å². The maximum absolute atomic E-state index is 10.8. The first-order valence-electron chi connectivity index (χ1n) is 3.56. The molecule has 1 N–H and O–H groups in total. The Morgan fingerprint density at radius 1 is 1.62 bits per heavy atom. The summed E-state index contributed by atoms with van der Waals surface area (Å²) in [5.74, 6) is 1.34. The lowest BCUT2D eigenvalue weighted by atomic mass is 10.1. The van der Waals surface area contributed by atoms with E-state index in [1.54, 1.807) is 12.1 Å². The summed E-state index contributed by atoms with van der Waals surface area (Å²) in [4.78, 5) is 10.8. The van der Waals surface area contributed by atoms with E-state index < -0.39 is 5.97 Å². The molecule has 66 valence electrons. The van der Waals surface area contributed by atoms with Crippen molar-refractivity contribution in [3.8, 4) is 12.3 Å². The van der Waals surface area contributed by atoms with Crippen LogP contribution in [0.2, 0.25) is 0 Å². The predicted molar refractivity (Wildman–Crippen MR) is 53.8 cm³/mol. The number of carboxylic acid groups (broad SMARTS) is 1. The van der Waals surface area contributed by atoms with Crippen molar-refractivity contribution in [2.45, 2.75) is 6.92 Å². The van der Waals surface area contributed by atoms with Gasteiger partial charge in [-0.1, -0.05) is 5.92 Å². The minimum Gasteiger partial charge on any atom is -0.478 e. The van der Waals surface area contributed by atoms with Crippen molar-refractivity contribution in [2.24, 2.45) is 0 Å². The molecular formula is C10H7BrO2. The smallest absolute Gasteiger partial charge is 0.337 e. The third kappa shape index (κ3) is 1.90. The Hall–Kier alpha value is -1.27. The standard InChI is InChI=1S/C10H7BrO2/c1-3-7-8(10(12)13)4-6(2)5-9(7)11/h1,4-5H,2H3,(H,12,13). The van der Waals surface area contributed by atoms with Crippen molar-refractivity contribution >= 4 is 21.9 Å². The molecule has 2 nitrogen and oxygen atoms in total. The maximum Gasteiger partial charge on any atom is 0.337 e. The van der Waals surface area contributed by atoms with E-state index in [0.29, 0.717) is 10.0 Å². The minimum absolute atomic E-state index is 0.161. The van der Waals surface area contributed by atoms with E-state index in [0.717, 1.165) is 5.56 Å². The Bertz CT molecular complexity index is 402. The molecule has 0 fully saturated rings.